The molecule has 1 aromatic rings. The van der Waals surface area contributed by atoms with Crippen LogP contribution in [0.5, 0.6) is 11.5 Å². The van der Waals surface area contributed by atoms with Crippen molar-refractivity contribution >= 4 is 26.2 Å². The highest BCUT2D eigenvalue weighted by molar-refractivity contribution is 7.86. The van der Waals surface area contributed by atoms with Crippen molar-refractivity contribution in [2.45, 2.75) is 9.79 Å². The van der Waals surface area contributed by atoms with Crippen molar-refractivity contribution in [3.05, 3.63) is 11.6 Å². The third-order valence-corrected chi connectivity index (χ3v) is 3.71. The van der Waals surface area contributed by atoms with E-state index in [1.165, 1.54) is 0 Å². The van der Waals surface area contributed by atoms with Crippen molar-refractivity contribution in [2.24, 2.45) is 0 Å². The molecule has 12 heteroatoms. The Morgan fingerprint density at radius 1 is 0.895 bits per heavy atom. The maximum atomic E-state index is 10.9. The summed E-state index contributed by atoms with van der Waals surface area (Å²) in [6.07, 6.45) is 0. The summed E-state index contributed by atoms with van der Waals surface area (Å²) < 4.78 is 60.9. The molecule has 1 rings (SSSR count). The fourth-order valence-corrected chi connectivity index (χ4v) is 2.51. The van der Waals surface area contributed by atoms with Crippen LogP contribution in [0.1, 0.15) is 10.4 Å². The highest BCUT2D eigenvalue weighted by atomic mass is 32.2. The molecule has 0 atom stereocenters. The van der Waals surface area contributed by atoms with Crippen LogP contribution < -0.4 is 0 Å². The van der Waals surface area contributed by atoms with Gasteiger partial charge in [-0.2, -0.15) is 16.8 Å². The first-order valence-electron chi connectivity index (χ1n) is 4.14. The number of benzene rings is 1. The van der Waals surface area contributed by atoms with Gasteiger partial charge < -0.3 is 15.3 Å². The smallest absolute Gasteiger partial charge is 0.343 e. The number of carboxylic acid groups (broad SMARTS) is 1. The van der Waals surface area contributed by atoms with Gasteiger partial charge in [0.1, 0.15) is 15.4 Å². The molecule has 0 bridgehead atoms. The van der Waals surface area contributed by atoms with E-state index in [-0.39, 0.29) is 6.07 Å². The van der Waals surface area contributed by atoms with Crippen molar-refractivity contribution in [3.8, 4) is 11.5 Å². The fraction of sp³-hybridized carbons (Fsp3) is 0. The Hall–Kier alpha value is -1.89. The molecule has 0 saturated carbocycles. The Kier molecular flexibility index (Phi) is 3.47. The van der Waals surface area contributed by atoms with E-state index in [0.717, 1.165) is 0 Å². The van der Waals surface area contributed by atoms with Crippen LogP contribution in [0.25, 0.3) is 0 Å². The van der Waals surface area contributed by atoms with Gasteiger partial charge in [0.25, 0.3) is 20.2 Å². The van der Waals surface area contributed by atoms with Crippen LogP contribution in [0.3, 0.4) is 0 Å². The van der Waals surface area contributed by atoms with Crippen LogP contribution in [0.15, 0.2) is 15.9 Å². The lowest BCUT2D eigenvalue weighted by atomic mass is 10.2. The Morgan fingerprint density at radius 3 is 1.42 bits per heavy atom. The summed E-state index contributed by atoms with van der Waals surface area (Å²) in [5.41, 5.74) is -1.50. The molecule has 1 aromatic carbocycles. The predicted octanol–water partition coefficient (Wildman–Crippen LogP) is -0.711. The first-order chi connectivity index (χ1) is 8.37. The molecule has 106 valence electrons. The van der Waals surface area contributed by atoms with Gasteiger partial charge >= 0.3 is 5.97 Å². The molecule has 0 fully saturated rings. The molecule has 0 aliphatic heterocycles. The Labute approximate surface area is 106 Å². The minimum Gasteiger partial charge on any atom is -0.505 e. The maximum Gasteiger partial charge on any atom is 0.343 e. The molecule has 0 unspecified atom stereocenters. The highest BCUT2D eigenvalue weighted by Crippen LogP contribution is 2.38. The van der Waals surface area contributed by atoms with Crippen LogP contribution in [0, 0.1) is 0 Å². The van der Waals surface area contributed by atoms with E-state index in [1.807, 2.05) is 0 Å². The SMILES string of the molecule is O=C(O)c1c(O)c(S(=O)(=O)O)cc(S(=O)(=O)O)c1O. The molecule has 10 nitrogen and oxygen atoms in total. The molecule has 5 N–H and O–H groups in total. The number of carbonyl (C=O) groups is 1. The van der Waals surface area contributed by atoms with Gasteiger partial charge in [-0.15, -0.1) is 0 Å². The highest BCUT2D eigenvalue weighted by Gasteiger charge is 2.31. The Morgan fingerprint density at radius 2 is 1.21 bits per heavy atom. The maximum absolute atomic E-state index is 10.9. The van der Waals surface area contributed by atoms with Crippen molar-refractivity contribution in [1.82, 2.24) is 0 Å². The molecule has 19 heavy (non-hydrogen) atoms. The van der Waals surface area contributed by atoms with E-state index in [0.29, 0.717) is 0 Å². The first-order valence-corrected chi connectivity index (χ1v) is 7.02. The molecule has 0 aliphatic carbocycles. The number of phenols is 2. The van der Waals surface area contributed by atoms with Crippen molar-refractivity contribution in [1.29, 1.82) is 0 Å². The van der Waals surface area contributed by atoms with E-state index < -0.39 is 53.1 Å². The lowest BCUT2D eigenvalue weighted by molar-refractivity contribution is 0.0689. The quantitative estimate of drug-likeness (QED) is 0.446. The van der Waals surface area contributed by atoms with Crippen LogP contribution in [-0.2, 0) is 20.2 Å². The molecular weight excluding hydrogens is 308 g/mol. The molecule has 0 amide bonds. The van der Waals surface area contributed by atoms with Crippen molar-refractivity contribution in [2.75, 3.05) is 0 Å². The first kappa shape index (κ1) is 15.2. The fourth-order valence-electron chi connectivity index (χ4n) is 1.21. The predicted molar refractivity (Wildman–Crippen MR) is 56.4 cm³/mol. The molecule has 0 radical (unpaired) electrons. The minimum absolute atomic E-state index is 0.0156. The minimum atomic E-state index is -5.19. The third kappa shape index (κ3) is 2.76. The van der Waals surface area contributed by atoms with E-state index in [9.17, 15) is 31.8 Å². The molecule has 0 saturated heterocycles. The van der Waals surface area contributed by atoms with Gasteiger partial charge in [0.15, 0.2) is 11.5 Å². The number of rotatable bonds is 3. The molecular formula is C7H6O10S2. The van der Waals surface area contributed by atoms with Crippen LogP contribution in [0.4, 0.5) is 0 Å². The summed E-state index contributed by atoms with van der Waals surface area (Å²) in [7, 11) is -10.4. The van der Waals surface area contributed by atoms with E-state index >= 15 is 0 Å². The van der Waals surface area contributed by atoms with Gasteiger partial charge in [-0.25, -0.2) is 4.79 Å². The van der Waals surface area contributed by atoms with Gasteiger partial charge in [0, 0.05) is 0 Å². The van der Waals surface area contributed by atoms with E-state index in [2.05, 4.69) is 0 Å². The molecule has 0 heterocycles. The zero-order valence-electron chi connectivity index (χ0n) is 8.67. The van der Waals surface area contributed by atoms with Crippen molar-refractivity contribution < 1.29 is 46.1 Å². The van der Waals surface area contributed by atoms with E-state index in [1.54, 1.807) is 0 Å². The number of carboxylic acids is 1. The van der Waals surface area contributed by atoms with Crippen molar-refractivity contribution in [3.63, 3.8) is 0 Å². The van der Waals surface area contributed by atoms with E-state index in [4.69, 9.17) is 14.2 Å². The van der Waals surface area contributed by atoms with Gasteiger partial charge in [0.05, 0.1) is 0 Å². The number of hydrogen-bond acceptors (Lipinski definition) is 7. The second-order valence-corrected chi connectivity index (χ2v) is 5.98. The summed E-state index contributed by atoms with van der Waals surface area (Å²) in [5.74, 6) is -5.22. The third-order valence-electron chi connectivity index (χ3n) is 1.97. The molecule has 0 aliphatic rings. The summed E-state index contributed by atoms with van der Waals surface area (Å²) in [5, 5.41) is 27.3. The second kappa shape index (κ2) is 4.34. The summed E-state index contributed by atoms with van der Waals surface area (Å²) in [6, 6.07) is 0.0156. The largest absolute Gasteiger partial charge is 0.505 e. The summed E-state index contributed by atoms with van der Waals surface area (Å²) >= 11 is 0. The molecule has 0 spiro atoms. The van der Waals surface area contributed by atoms with Gasteiger partial charge in [0.2, 0.25) is 0 Å². The average molecular weight is 314 g/mol. The summed E-state index contributed by atoms with van der Waals surface area (Å²) in [4.78, 5) is 7.75. The lowest BCUT2D eigenvalue weighted by Gasteiger charge is -2.10. The second-order valence-electron chi connectivity index (χ2n) is 3.20. The zero-order chi connectivity index (χ0) is 15.2. The van der Waals surface area contributed by atoms with Gasteiger partial charge in [-0.3, -0.25) is 9.11 Å². The Bertz CT molecular complexity index is 701. The van der Waals surface area contributed by atoms with Gasteiger partial charge in [-0.1, -0.05) is 0 Å². The molecule has 0 aromatic heterocycles. The monoisotopic (exact) mass is 314 g/mol. The van der Waals surface area contributed by atoms with Crippen LogP contribution in [-0.4, -0.2) is 47.2 Å². The number of aromatic carboxylic acids is 1. The topological polar surface area (TPSA) is 186 Å². The summed E-state index contributed by atoms with van der Waals surface area (Å²) in [6.45, 7) is 0. The normalized spacial score (nSPS) is 12.3. The van der Waals surface area contributed by atoms with Gasteiger partial charge in [-0.05, 0) is 6.07 Å². The Balaban J connectivity index is 4.03. The number of hydrogen-bond donors (Lipinski definition) is 5. The van der Waals surface area contributed by atoms with Crippen LogP contribution in [0.2, 0.25) is 0 Å². The average Bonchev–Trinajstić information content (AvgIpc) is 2.12. The lowest BCUT2D eigenvalue weighted by Crippen LogP contribution is -2.09. The zero-order valence-corrected chi connectivity index (χ0v) is 10.3. The van der Waals surface area contributed by atoms with Crippen LogP contribution >= 0.6 is 0 Å². The standard InChI is InChI=1S/C7H6O10S2/c8-5-2(18(12,13)14)1-3(19(15,16)17)6(9)4(5)7(10)11/h1,8-9H,(H,10,11)(H,12,13,14)(H,15,16,17). The number of aromatic hydroxyl groups is 2.